The van der Waals surface area contributed by atoms with Crippen LogP contribution in [0.2, 0.25) is 0 Å². The van der Waals surface area contributed by atoms with E-state index in [1.54, 1.807) is 30.3 Å². The van der Waals surface area contributed by atoms with E-state index in [0.717, 1.165) is 16.0 Å². The van der Waals surface area contributed by atoms with Crippen molar-refractivity contribution in [3.05, 3.63) is 126 Å². The van der Waals surface area contributed by atoms with Gasteiger partial charge >= 0.3 is 0 Å². The van der Waals surface area contributed by atoms with E-state index in [2.05, 4.69) is 15.6 Å². The summed E-state index contributed by atoms with van der Waals surface area (Å²) in [6.45, 7) is -0.121. The van der Waals surface area contributed by atoms with Crippen molar-refractivity contribution < 1.29 is 18.7 Å². The Bertz CT molecular complexity index is 1580. The largest absolute Gasteiger partial charge is 0.484 e. The lowest BCUT2D eigenvalue weighted by Crippen LogP contribution is -2.20. The molecule has 40 heavy (non-hydrogen) atoms. The fourth-order valence-electron chi connectivity index (χ4n) is 3.80. The number of benzene rings is 4. The third-order valence-electron chi connectivity index (χ3n) is 5.70. The second-order valence-corrected chi connectivity index (χ2v) is 10.7. The molecule has 1 atom stereocenters. The zero-order valence-corrected chi connectivity index (χ0v) is 22.8. The zero-order valence-electron chi connectivity index (χ0n) is 21.1. The molecule has 9 heteroatoms. The van der Waals surface area contributed by atoms with E-state index in [9.17, 15) is 14.0 Å². The fourth-order valence-corrected chi connectivity index (χ4v) is 5.61. The number of rotatable bonds is 10. The predicted molar refractivity (Wildman–Crippen MR) is 158 cm³/mol. The van der Waals surface area contributed by atoms with Gasteiger partial charge in [-0.3, -0.25) is 9.59 Å². The minimum absolute atomic E-state index is 0.121. The van der Waals surface area contributed by atoms with Gasteiger partial charge in [0.2, 0.25) is 5.91 Å². The number of hydrogen-bond donors (Lipinski definition) is 2. The number of halogens is 1. The van der Waals surface area contributed by atoms with Crippen LogP contribution < -0.4 is 15.4 Å². The number of ether oxygens (including phenoxy) is 1. The number of thiazole rings is 1. The molecule has 0 spiro atoms. The van der Waals surface area contributed by atoms with Crippen LogP contribution in [0, 0.1) is 5.82 Å². The molecule has 0 aliphatic heterocycles. The van der Waals surface area contributed by atoms with E-state index in [1.807, 2.05) is 72.1 Å². The molecule has 1 unspecified atom stereocenters. The van der Waals surface area contributed by atoms with Gasteiger partial charge in [0.25, 0.3) is 5.91 Å². The predicted octanol–water partition coefficient (Wildman–Crippen LogP) is 7.44. The molecule has 0 aliphatic carbocycles. The summed E-state index contributed by atoms with van der Waals surface area (Å²) >= 11 is 2.67. The molecule has 1 heterocycles. The third kappa shape index (κ3) is 7.34. The topological polar surface area (TPSA) is 80.3 Å². The van der Waals surface area contributed by atoms with Gasteiger partial charge in [0.15, 0.2) is 11.7 Å². The number of anilines is 2. The Kier molecular flexibility index (Phi) is 8.85. The summed E-state index contributed by atoms with van der Waals surface area (Å²) in [7, 11) is 0. The molecule has 0 fully saturated rings. The van der Waals surface area contributed by atoms with E-state index in [4.69, 9.17) is 4.74 Å². The van der Waals surface area contributed by atoms with Gasteiger partial charge in [-0.1, -0.05) is 54.6 Å². The van der Waals surface area contributed by atoms with Crippen LogP contribution in [-0.4, -0.2) is 23.4 Å². The monoisotopic (exact) mass is 569 g/mol. The van der Waals surface area contributed by atoms with E-state index in [1.165, 1.54) is 35.2 Å². The molecule has 6 nitrogen and oxygen atoms in total. The number of thioether (sulfide) groups is 1. The third-order valence-corrected chi connectivity index (χ3v) is 7.71. The van der Waals surface area contributed by atoms with Crippen LogP contribution in [0.15, 0.2) is 119 Å². The molecular formula is C31H24FN3O3S2. The normalized spacial score (nSPS) is 11.4. The van der Waals surface area contributed by atoms with Crippen LogP contribution in [-0.2, 0) is 9.59 Å². The van der Waals surface area contributed by atoms with Crippen molar-refractivity contribution in [1.29, 1.82) is 0 Å². The fraction of sp³-hybridized carbons (Fsp3) is 0.0645. The van der Waals surface area contributed by atoms with Crippen LogP contribution in [0.1, 0.15) is 10.8 Å². The molecule has 5 rings (SSSR count). The van der Waals surface area contributed by atoms with Gasteiger partial charge in [-0.25, -0.2) is 9.37 Å². The van der Waals surface area contributed by atoms with Crippen molar-refractivity contribution in [2.45, 2.75) is 10.1 Å². The van der Waals surface area contributed by atoms with Crippen LogP contribution in [0.25, 0.3) is 11.3 Å². The van der Waals surface area contributed by atoms with Gasteiger partial charge in [-0.15, -0.1) is 23.1 Å². The molecule has 5 aromatic rings. The molecular weight excluding hydrogens is 545 g/mol. The standard InChI is InChI=1S/C31H24FN3O3S2/c32-23-16-14-21(15-17-23)27-20-39-31(34-27)35-30(37)29(22-8-3-1-4-9-22)40-26-13-7-10-24(18-26)33-28(36)19-38-25-11-5-2-6-12-25/h1-18,20,29H,19H2,(H,33,36)(H,34,35,37). The molecule has 4 aromatic carbocycles. The lowest BCUT2D eigenvalue weighted by atomic mass is 10.1. The Morgan fingerprint density at radius 2 is 1.60 bits per heavy atom. The second kappa shape index (κ2) is 13.1. The summed E-state index contributed by atoms with van der Waals surface area (Å²) in [6.07, 6.45) is 0. The van der Waals surface area contributed by atoms with Gasteiger partial charge in [0.05, 0.1) is 5.69 Å². The number of amides is 2. The summed E-state index contributed by atoms with van der Waals surface area (Å²) < 4.78 is 18.8. The number of carbonyl (C=O) groups is 2. The maximum absolute atomic E-state index is 13.5. The Balaban J connectivity index is 1.27. The Labute approximate surface area is 239 Å². The van der Waals surface area contributed by atoms with E-state index in [0.29, 0.717) is 22.3 Å². The highest BCUT2D eigenvalue weighted by atomic mass is 32.2. The summed E-state index contributed by atoms with van der Waals surface area (Å²) in [5.41, 5.74) is 2.85. The van der Waals surface area contributed by atoms with Gasteiger partial charge in [-0.2, -0.15) is 0 Å². The van der Waals surface area contributed by atoms with Gasteiger partial charge in [0, 0.05) is 21.5 Å². The Morgan fingerprint density at radius 1 is 0.875 bits per heavy atom. The molecule has 1 aromatic heterocycles. The molecule has 0 radical (unpaired) electrons. The number of nitrogens with one attached hydrogen (secondary N) is 2. The van der Waals surface area contributed by atoms with Crippen LogP contribution >= 0.6 is 23.1 Å². The molecule has 2 N–H and O–H groups in total. The highest BCUT2D eigenvalue weighted by Crippen LogP contribution is 2.37. The molecule has 200 valence electrons. The van der Waals surface area contributed by atoms with Gasteiger partial charge < -0.3 is 15.4 Å². The summed E-state index contributed by atoms with van der Waals surface area (Å²) in [5, 5.41) is 7.47. The number of carbonyl (C=O) groups excluding carboxylic acids is 2. The highest BCUT2D eigenvalue weighted by molar-refractivity contribution is 8.00. The maximum atomic E-state index is 13.5. The smallest absolute Gasteiger partial charge is 0.262 e. The quantitative estimate of drug-likeness (QED) is 0.171. The van der Waals surface area contributed by atoms with E-state index >= 15 is 0 Å². The average molecular weight is 570 g/mol. The molecule has 0 saturated heterocycles. The summed E-state index contributed by atoms with van der Waals surface area (Å²) in [4.78, 5) is 31.2. The molecule has 0 saturated carbocycles. The minimum Gasteiger partial charge on any atom is -0.484 e. The lowest BCUT2D eigenvalue weighted by Gasteiger charge is -2.17. The van der Waals surface area contributed by atoms with Crippen molar-refractivity contribution in [1.82, 2.24) is 4.98 Å². The first kappa shape index (κ1) is 27.1. The first-order valence-electron chi connectivity index (χ1n) is 12.4. The first-order chi connectivity index (χ1) is 19.5. The number of hydrogen-bond acceptors (Lipinski definition) is 6. The zero-order chi connectivity index (χ0) is 27.7. The SMILES string of the molecule is O=C(COc1ccccc1)Nc1cccc(SC(C(=O)Nc2nc(-c3ccc(F)cc3)cs2)c2ccccc2)c1. The summed E-state index contributed by atoms with van der Waals surface area (Å²) in [5.74, 6) is -0.228. The van der Waals surface area contributed by atoms with E-state index in [-0.39, 0.29) is 24.2 Å². The van der Waals surface area contributed by atoms with Crippen molar-refractivity contribution in [3.8, 4) is 17.0 Å². The molecule has 0 aliphatic rings. The highest BCUT2D eigenvalue weighted by Gasteiger charge is 2.23. The minimum atomic E-state index is -0.577. The lowest BCUT2D eigenvalue weighted by molar-refractivity contribution is -0.118. The Morgan fingerprint density at radius 3 is 2.35 bits per heavy atom. The summed E-state index contributed by atoms with van der Waals surface area (Å²) in [6, 6.07) is 32.0. The maximum Gasteiger partial charge on any atom is 0.262 e. The van der Waals surface area contributed by atoms with Crippen molar-refractivity contribution in [3.63, 3.8) is 0 Å². The van der Waals surface area contributed by atoms with Gasteiger partial charge in [-0.05, 0) is 60.2 Å². The first-order valence-corrected chi connectivity index (χ1v) is 14.1. The number of nitrogens with zero attached hydrogens (tertiary/aromatic N) is 1. The van der Waals surface area contributed by atoms with Crippen molar-refractivity contribution in [2.24, 2.45) is 0 Å². The number of aromatic nitrogens is 1. The number of para-hydroxylation sites is 1. The average Bonchev–Trinajstić information content (AvgIpc) is 3.44. The van der Waals surface area contributed by atoms with Crippen LogP contribution in [0.5, 0.6) is 5.75 Å². The molecule has 2 amide bonds. The Hall–Kier alpha value is -4.47. The van der Waals surface area contributed by atoms with Crippen LogP contribution in [0.4, 0.5) is 15.2 Å². The van der Waals surface area contributed by atoms with Crippen molar-refractivity contribution >= 4 is 45.7 Å². The second-order valence-electron chi connectivity index (χ2n) is 8.62. The molecule has 0 bridgehead atoms. The van der Waals surface area contributed by atoms with E-state index < -0.39 is 5.25 Å². The van der Waals surface area contributed by atoms with Crippen LogP contribution in [0.3, 0.4) is 0 Å². The van der Waals surface area contributed by atoms with Gasteiger partial charge in [0.1, 0.15) is 16.8 Å². The van der Waals surface area contributed by atoms with Crippen molar-refractivity contribution in [2.75, 3.05) is 17.2 Å².